The second-order valence-corrected chi connectivity index (χ2v) is 12.9. The number of hydrogen-bond acceptors (Lipinski definition) is 1. The molecule has 2 heteroatoms. The normalized spacial score (nSPS) is 15.3. The van der Waals surface area contributed by atoms with E-state index in [0.717, 1.165) is 12.8 Å². The highest BCUT2D eigenvalue weighted by Gasteiger charge is 2.42. The fourth-order valence-electron chi connectivity index (χ4n) is 1.70. The minimum absolute atomic E-state index is 0.284. The number of hydrogen-bond donors (Lipinski definition) is 0. The lowest BCUT2D eigenvalue weighted by atomic mass is 10.0. The predicted octanol–water partition coefficient (Wildman–Crippen LogP) is 4.89. The Morgan fingerprint density at radius 3 is 1.88 bits per heavy atom. The fraction of sp³-hybridized carbons (Fsp3) is 0.929. The molecule has 0 amide bonds. The van der Waals surface area contributed by atoms with Gasteiger partial charge in [-0.15, -0.1) is 0 Å². The van der Waals surface area contributed by atoms with Gasteiger partial charge in [-0.3, -0.25) is 4.79 Å². The first-order valence-electron chi connectivity index (χ1n) is 6.53. The van der Waals surface area contributed by atoms with Gasteiger partial charge in [-0.2, -0.15) is 0 Å². The lowest BCUT2D eigenvalue weighted by Crippen LogP contribution is -2.44. The standard InChI is InChI=1S/C14H30OSi/c1-11(2)9-10-13(15)12(3)16(7,8)14(4,5)6/h11-12H,9-10H2,1-8H3/t12-/m0/s1. The van der Waals surface area contributed by atoms with Gasteiger partial charge in [-0.25, -0.2) is 0 Å². The SMILES string of the molecule is CC(C)CCC(=O)[C@H](C)[Si](C)(C)C(C)(C)C. The first-order chi connectivity index (χ1) is 7.00. The molecule has 0 saturated carbocycles. The van der Waals surface area contributed by atoms with Crippen LogP contribution in [0, 0.1) is 5.92 Å². The smallest absolute Gasteiger partial charge is 0.133 e. The van der Waals surface area contributed by atoms with Gasteiger partial charge in [0.05, 0.1) is 8.07 Å². The van der Waals surface area contributed by atoms with Crippen LogP contribution in [0.25, 0.3) is 0 Å². The Hall–Kier alpha value is -0.113. The molecule has 0 fully saturated rings. The minimum atomic E-state index is -1.49. The molecule has 96 valence electrons. The maximum Gasteiger partial charge on any atom is 0.133 e. The van der Waals surface area contributed by atoms with Crippen LogP contribution < -0.4 is 0 Å². The van der Waals surface area contributed by atoms with E-state index in [1.165, 1.54) is 0 Å². The molecule has 0 N–H and O–H groups in total. The molecule has 0 aromatic carbocycles. The Kier molecular flexibility index (Phi) is 5.44. The summed E-state index contributed by atoms with van der Waals surface area (Å²) < 4.78 is 0. The Bertz CT molecular complexity index is 236. The van der Waals surface area contributed by atoms with Crippen LogP contribution in [0.5, 0.6) is 0 Å². The third kappa shape index (κ3) is 4.04. The highest BCUT2D eigenvalue weighted by Crippen LogP contribution is 2.44. The second-order valence-electron chi connectivity index (χ2n) is 7.09. The highest BCUT2D eigenvalue weighted by atomic mass is 28.3. The topological polar surface area (TPSA) is 17.1 Å². The van der Waals surface area contributed by atoms with E-state index in [0.29, 0.717) is 16.7 Å². The first kappa shape index (κ1) is 15.9. The number of carbonyl (C=O) groups excluding carboxylic acids is 1. The van der Waals surface area contributed by atoms with Crippen LogP contribution in [0.3, 0.4) is 0 Å². The summed E-state index contributed by atoms with van der Waals surface area (Å²) in [5.74, 6) is 1.12. The largest absolute Gasteiger partial charge is 0.300 e. The number of rotatable bonds is 5. The van der Waals surface area contributed by atoms with Crippen molar-refractivity contribution in [1.82, 2.24) is 0 Å². The van der Waals surface area contributed by atoms with Crippen molar-refractivity contribution in [2.24, 2.45) is 5.92 Å². The van der Waals surface area contributed by atoms with Gasteiger partial charge in [0.1, 0.15) is 5.78 Å². The molecule has 0 heterocycles. The number of ketones is 1. The molecule has 0 bridgehead atoms. The Morgan fingerprint density at radius 2 is 1.56 bits per heavy atom. The van der Waals surface area contributed by atoms with Crippen LogP contribution in [0.1, 0.15) is 54.4 Å². The van der Waals surface area contributed by atoms with Crippen LogP contribution in [0.2, 0.25) is 23.7 Å². The van der Waals surface area contributed by atoms with E-state index in [4.69, 9.17) is 0 Å². The molecular formula is C14H30OSi. The molecule has 0 aliphatic carbocycles. The zero-order valence-corrected chi connectivity index (χ0v) is 13.5. The van der Waals surface area contributed by atoms with Crippen LogP contribution in [-0.4, -0.2) is 13.9 Å². The zero-order valence-electron chi connectivity index (χ0n) is 12.5. The summed E-state index contributed by atoms with van der Waals surface area (Å²) in [6.45, 7) is 18.1. The fourth-order valence-corrected chi connectivity index (χ4v) is 3.95. The van der Waals surface area contributed by atoms with Gasteiger partial charge in [-0.1, -0.05) is 54.6 Å². The first-order valence-corrected chi connectivity index (χ1v) is 9.60. The van der Waals surface area contributed by atoms with Gasteiger partial charge < -0.3 is 0 Å². The highest BCUT2D eigenvalue weighted by molar-refractivity contribution is 6.84. The van der Waals surface area contributed by atoms with Crippen molar-refractivity contribution in [1.29, 1.82) is 0 Å². The van der Waals surface area contributed by atoms with E-state index < -0.39 is 8.07 Å². The van der Waals surface area contributed by atoms with Crippen molar-refractivity contribution in [2.45, 2.75) is 78.1 Å². The molecule has 1 nitrogen and oxygen atoms in total. The molecule has 0 aliphatic heterocycles. The molecule has 0 radical (unpaired) electrons. The molecule has 0 aromatic rings. The van der Waals surface area contributed by atoms with E-state index >= 15 is 0 Å². The average molecular weight is 242 g/mol. The van der Waals surface area contributed by atoms with Gasteiger partial charge in [0.2, 0.25) is 0 Å². The van der Waals surface area contributed by atoms with Crippen molar-refractivity contribution in [3.8, 4) is 0 Å². The number of carbonyl (C=O) groups is 1. The lowest BCUT2D eigenvalue weighted by molar-refractivity contribution is -0.119. The van der Waals surface area contributed by atoms with Crippen LogP contribution in [-0.2, 0) is 4.79 Å². The summed E-state index contributed by atoms with van der Waals surface area (Å²) in [5.41, 5.74) is 0.284. The van der Waals surface area contributed by atoms with E-state index in [-0.39, 0.29) is 5.54 Å². The summed E-state index contributed by atoms with van der Waals surface area (Å²) in [6.07, 6.45) is 1.81. The average Bonchev–Trinajstić information content (AvgIpc) is 2.10. The zero-order chi connectivity index (χ0) is 13.1. The Balaban J connectivity index is 4.55. The molecular weight excluding hydrogens is 212 g/mol. The van der Waals surface area contributed by atoms with Crippen molar-refractivity contribution in [3.05, 3.63) is 0 Å². The molecule has 16 heavy (non-hydrogen) atoms. The molecule has 0 aromatic heterocycles. The minimum Gasteiger partial charge on any atom is -0.300 e. The van der Waals surface area contributed by atoms with Crippen molar-refractivity contribution in [2.75, 3.05) is 0 Å². The third-order valence-electron chi connectivity index (χ3n) is 4.47. The molecule has 0 spiro atoms. The van der Waals surface area contributed by atoms with Gasteiger partial charge in [-0.05, 0) is 17.4 Å². The Morgan fingerprint density at radius 1 is 1.12 bits per heavy atom. The summed E-state index contributed by atoms with van der Waals surface area (Å²) in [4.78, 5) is 12.2. The molecule has 1 atom stereocenters. The summed E-state index contributed by atoms with van der Waals surface area (Å²) >= 11 is 0. The maximum atomic E-state index is 12.2. The molecule has 0 unspecified atom stereocenters. The van der Waals surface area contributed by atoms with Crippen LogP contribution >= 0.6 is 0 Å². The summed E-state index contributed by atoms with van der Waals surface area (Å²) in [7, 11) is -1.49. The molecule has 0 saturated heterocycles. The van der Waals surface area contributed by atoms with Crippen molar-refractivity contribution in [3.63, 3.8) is 0 Å². The van der Waals surface area contributed by atoms with E-state index in [9.17, 15) is 4.79 Å². The van der Waals surface area contributed by atoms with Crippen molar-refractivity contribution < 1.29 is 4.79 Å². The van der Waals surface area contributed by atoms with Gasteiger partial charge >= 0.3 is 0 Å². The number of Topliss-reactive ketones (excluding diaryl/α,β-unsaturated/α-hetero) is 1. The van der Waals surface area contributed by atoms with Gasteiger partial charge in [0, 0.05) is 12.0 Å². The van der Waals surface area contributed by atoms with E-state index in [1.54, 1.807) is 0 Å². The van der Waals surface area contributed by atoms with Crippen LogP contribution in [0.15, 0.2) is 0 Å². The van der Waals surface area contributed by atoms with Crippen molar-refractivity contribution >= 4 is 13.9 Å². The Labute approximate surface area is 103 Å². The third-order valence-corrected chi connectivity index (χ3v) is 10.8. The molecule has 0 rings (SSSR count). The lowest BCUT2D eigenvalue weighted by Gasteiger charge is -2.41. The van der Waals surface area contributed by atoms with E-state index in [1.807, 2.05) is 0 Å². The summed E-state index contributed by atoms with van der Waals surface area (Å²) in [5, 5.41) is 0.305. The van der Waals surface area contributed by atoms with Gasteiger partial charge in [0.15, 0.2) is 0 Å². The monoisotopic (exact) mass is 242 g/mol. The quantitative estimate of drug-likeness (QED) is 0.627. The molecule has 0 aliphatic rings. The van der Waals surface area contributed by atoms with Gasteiger partial charge in [0.25, 0.3) is 0 Å². The van der Waals surface area contributed by atoms with Crippen LogP contribution in [0.4, 0.5) is 0 Å². The summed E-state index contributed by atoms with van der Waals surface area (Å²) in [6, 6.07) is 0. The van der Waals surface area contributed by atoms with E-state index in [2.05, 4.69) is 54.6 Å². The second kappa shape index (κ2) is 5.48. The maximum absolute atomic E-state index is 12.2. The predicted molar refractivity (Wildman–Crippen MR) is 75.7 cm³/mol.